The second-order valence-corrected chi connectivity index (χ2v) is 11.4. The highest BCUT2D eigenvalue weighted by Crippen LogP contribution is 2.51. The van der Waals surface area contributed by atoms with Gasteiger partial charge in [-0.25, -0.2) is 8.42 Å². The van der Waals surface area contributed by atoms with Gasteiger partial charge in [0, 0.05) is 17.3 Å². The van der Waals surface area contributed by atoms with Crippen molar-refractivity contribution in [1.29, 1.82) is 0 Å². The van der Waals surface area contributed by atoms with Crippen molar-refractivity contribution in [3.05, 3.63) is 101 Å². The van der Waals surface area contributed by atoms with Crippen molar-refractivity contribution < 1.29 is 21.6 Å². The first-order valence-electron chi connectivity index (χ1n) is 11.9. The highest BCUT2D eigenvalue weighted by molar-refractivity contribution is 7.92. The lowest BCUT2D eigenvalue weighted by atomic mass is 9.76. The van der Waals surface area contributed by atoms with E-state index < -0.39 is 27.8 Å². The molecule has 0 radical (unpaired) electrons. The Kier molecular flexibility index (Phi) is 6.11. The van der Waals surface area contributed by atoms with Crippen LogP contribution < -0.4 is 10.0 Å². The van der Waals surface area contributed by atoms with Crippen LogP contribution in [0.3, 0.4) is 0 Å². The number of benzene rings is 3. The molecule has 5 rings (SSSR count). The van der Waals surface area contributed by atoms with E-state index in [0.717, 1.165) is 17.2 Å². The average Bonchev–Trinajstić information content (AvgIpc) is 3.33. The van der Waals surface area contributed by atoms with Crippen LogP contribution in [0.25, 0.3) is 0 Å². The molecule has 8 heteroatoms. The lowest BCUT2D eigenvalue weighted by Crippen LogP contribution is -2.31. The Hall–Kier alpha value is -3.26. The van der Waals surface area contributed by atoms with Crippen LogP contribution in [-0.4, -0.2) is 8.42 Å². The van der Waals surface area contributed by atoms with Crippen LogP contribution in [0.5, 0.6) is 0 Å². The molecule has 0 unspecified atom stereocenters. The first kappa shape index (κ1) is 24.4. The molecule has 3 aromatic carbocycles. The summed E-state index contributed by atoms with van der Waals surface area (Å²) in [4.78, 5) is 0.115. The third kappa shape index (κ3) is 4.50. The number of rotatable bonds is 5. The molecule has 2 N–H and O–H groups in total. The van der Waals surface area contributed by atoms with Crippen molar-refractivity contribution in [3.63, 3.8) is 0 Å². The number of anilines is 2. The molecule has 0 bridgehead atoms. The predicted molar refractivity (Wildman–Crippen MR) is 136 cm³/mol. The molecule has 0 aromatic heterocycles. The summed E-state index contributed by atoms with van der Waals surface area (Å²) in [5.74, 6) is -0.00774. The zero-order valence-corrected chi connectivity index (χ0v) is 20.7. The van der Waals surface area contributed by atoms with Crippen molar-refractivity contribution in [1.82, 2.24) is 0 Å². The molecule has 1 aliphatic carbocycles. The van der Waals surface area contributed by atoms with Crippen LogP contribution in [0, 0.1) is 5.92 Å². The smallest absolute Gasteiger partial charge is 0.378 e. The number of hydrogen-bond acceptors (Lipinski definition) is 3. The number of fused-ring (bicyclic) bond motifs is 3. The average molecular weight is 513 g/mol. The molecule has 3 aromatic rings. The molecule has 1 aliphatic heterocycles. The number of nitrogens with one attached hydrogen (secondary N) is 2. The van der Waals surface area contributed by atoms with E-state index in [2.05, 4.69) is 23.9 Å². The minimum absolute atomic E-state index is 0.115. The molecule has 2 aliphatic rings. The molecule has 3 atom stereocenters. The van der Waals surface area contributed by atoms with Gasteiger partial charge in [0.25, 0.3) is 10.0 Å². The third-order valence-electron chi connectivity index (χ3n) is 7.08. The van der Waals surface area contributed by atoms with Gasteiger partial charge < -0.3 is 5.32 Å². The van der Waals surface area contributed by atoms with E-state index in [0.29, 0.717) is 23.7 Å². The van der Waals surface area contributed by atoms with E-state index in [-0.39, 0.29) is 22.3 Å². The summed E-state index contributed by atoms with van der Waals surface area (Å²) in [5.41, 5.74) is 2.55. The fourth-order valence-electron chi connectivity index (χ4n) is 5.22. The maximum atomic E-state index is 13.8. The van der Waals surface area contributed by atoms with Crippen molar-refractivity contribution in [2.45, 2.75) is 49.2 Å². The Labute approximate surface area is 209 Å². The summed E-state index contributed by atoms with van der Waals surface area (Å²) in [7, 11) is -3.85. The summed E-state index contributed by atoms with van der Waals surface area (Å²) in [6.07, 6.45) is 0.0788. The fourth-order valence-corrected chi connectivity index (χ4v) is 6.32. The van der Waals surface area contributed by atoms with Gasteiger partial charge in [-0.3, -0.25) is 4.72 Å². The molecule has 36 heavy (non-hydrogen) atoms. The van der Waals surface area contributed by atoms with Crippen molar-refractivity contribution in [2.24, 2.45) is 5.92 Å². The van der Waals surface area contributed by atoms with Crippen molar-refractivity contribution >= 4 is 21.4 Å². The van der Waals surface area contributed by atoms with Gasteiger partial charge in [0.2, 0.25) is 0 Å². The van der Waals surface area contributed by atoms with Crippen molar-refractivity contribution in [2.75, 3.05) is 10.0 Å². The summed E-state index contributed by atoms with van der Waals surface area (Å²) in [5, 5.41) is 3.29. The number of alkyl halides is 3. The zero-order chi connectivity index (χ0) is 25.7. The Morgan fingerprint density at radius 1 is 0.972 bits per heavy atom. The summed E-state index contributed by atoms with van der Waals surface area (Å²) >= 11 is 0. The van der Waals surface area contributed by atoms with E-state index >= 15 is 0 Å². The monoisotopic (exact) mass is 512 g/mol. The first-order valence-corrected chi connectivity index (χ1v) is 13.4. The van der Waals surface area contributed by atoms with Gasteiger partial charge >= 0.3 is 6.18 Å². The molecule has 188 valence electrons. The fraction of sp³-hybridized carbons (Fsp3) is 0.286. The van der Waals surface area contributed by atoms with Gasteiger partial charge in [-0.15, -0.1) is 0 Å². The van der Waals surface area contributed by atoms with Crippen LogP contribution in [0.4, 0.5) is 24.5 Å². The minimum Gasteiger partial charge on any atom is -0.378 e. The zero-order valence-electron chi connectivity index (χ0n) is 19.9. The lowest BCUT2D eigenvalue weighted by Gasteiger charge is -2.38. The maximum Gasteiger partial charge on any atom is 0.416 e. The van der Waals surface area contributed by atoms with E-state index in [4.69, 9.17) is 0 Å². The molecular formula is C28H27F3N2O2S. The standard InChI is InChI=1S/C28H27F3N2O2S/c1-17(2)18-10-12-19(13-11-18)33-36(34,35)20-14-15-26-24(16-20)21-7-5-8-22(21)27(32-26)23-6-3-4-9-25(23)28(29,30)31/h3-7,9-17,21-22,27,32-33H,8H2,1-2H3/t21-,22+,27-/m0/s1. The minimum atomic E-state index is -4.46. The Morgan fingerprint density at radius 3 is 2.39 bits per heavy atom. The largest absolute Gasteiger partial charge is 0.416 e. The van der Waals surface area contributed by atoms with Crippen LogP contribution in [0.1, 0.15) is 60.4 Å². The van der Waals surface area contributed by atoms with Crippen LogP contribution >= 0.6 is 0 Å². The van der Waals surface area contributed by atoms with E-state index in [1.54, 1.807) is 30.3 Å². The van der Waals surface area contributed by atoms with Gasteiger partial charge in [0.15, 0.2) is 0 Å². The van der Waals surface area contributed by atoms with Crippen molar-refractivity contribution in [3.8, 4) is 0 Å². The molecule has 0 fully saturated rings. The normalized spacial score (nSPS) is 21.1. The molecule has 0 saturated carbocycles. The van der Waals surface area contributed by atoms with Gasteiger partial charge in [-0.2, -0.15) is 13.2 Å². The molecule has 1 heterocycles. The van der Waals surface area contributed by atoms with E-state index in [1.165, 1.54) is 18.2 Å². The second-order valence-electron chi connectivity index (χ2n) is 9.69. The number of sulfonamides is 1. The van der Waals surface area contributed by atoms with E-state index in [1.807, 2.05) is 24.3 Å². The van der Waals surface area contributed by atoms with Gasteiger partial charge in [-0.1, -0.05) is 56.3 Å². The van der Waals surface area contributed by atoms with Crippen LogP contribution in [-0.2, 0) is 16.2 Å². The highest BCUT2D eigenvalue weighted by atomic mass is 32.2. The number of halogens is 3. The molecular weight excluding hydrogens is 485 g/mol. The van der Waals surface area contributed by atoms with Crippen LogP contribution in [0.2, 0.25) is 0 Å². The first-order chi connectivity index (χ1) is 17.0. The molecule has 0 amide bonds. The summed E-state index contributed by atoms with van der Waals surface area (Å²) in [6, 6.07) is 17.1. The Balaban J connectivity index is 1.47. The van der Waals surface area contributed by atoms with E-state index in [9.17, 15) is 21.6 Å². The molecule has 0 spiro atoms. The lowest BCUT2D eigenvalue weighted by molar-refractivity contribution is -0.138. The third-order valence-corrected chi connectivity index (χ3v) is 8.45. The quantitative estimate of drug-likeness (QED) is 0.349. The topological polar surface area (TPSA) is 58.2 Å². The second kappa shape index (κ2) is 9.00. The maximum absolute atomic E-state index is 13.8. The molecule has 4 nitrogen and oxygen atoms in total. The number of allylic oxidation sites excluding steroid dienone is 2. The molecule has 0 saturated heterocycles. The Morgan fingerprint density at radius 2 is 1.69 bits per heavy atom. The summed E-state index contributed by atoms with van der Waals surface area (Å²) in [6.45, 7) is 4.13. The Bertz CT molecular complexity index is 1410. The van der Waals surface area contributed by atoms with Gasteiger partial charge in [0.1, 0.15) is 0 Å². The SMILES string of the molecule is CC(C)c1ccc(NS(=O)(=O)c2ccc3c(c2)[C@H]2C=CC[C@H]2[C@@H](c2ccccc2C(F)(F)F)N3)cc1. The summed E-state index contributed by atoms with van der Waals surface area (Å²) < 4.78 is 70.2. The van der Waals surface area contributed by atoms with Gasteiger partial charge in [-0.05, 0) is 71.3 Å². The predicted octanol–water partition coefficient (Wildman–Crippen LogP) is 7.46. The van der Waals surface area contributed by atoms with Crippen LogP contribution in [0.15, 0.2) is 83.8 Å². The van der Waals surface area contributed by atoms with Gasteiger partial charge in [0.05, 0.1) is 16.5 Å². The number of hydrogen-bond donors (Lipinski definition) is 2. The highest BCUT2D eigenvalue weighted by Gasteiger charge is 2.42.